The van der Waals surface area contributed by atoms with Crippen LogP contribution in [0.5, 0.6) is 0 Å². The van der Waals surface area contributed by atoms with Crippen LogP contribution in [-0.4, -0.2) is 35.4 Å². The number of carbonyl (C=O) groups excluding carboxylic acids is 1. The lowest BCUT2D eigenvalue weighted by Crippen LogP contribution is -2.26. The summed E-state index contributed by atoms with van der Waals surface area (Å²) in [4.78, 5) is 12.5. The molecule has 3 rings (SSSR count). The van der Waals surface area contributed by atoms with Gasteiger partial charge >= 0.3 is 0 Å². The predicted molar refractivity (Wildman–Crippen MR) is 89.0 cm³/mol. The molecular formula is C18H23N3O2. The van der Waals surface area contributed by atoms with Crippen molar-refractivity contribution in [3.05, 3.63) is 47.3 Å². The molecule has 23 heavy (non-hydrogen) atoms. The fourth-order valence-corrected chi connectivity index (χ4v) is 3.01. The first-order chi connectivity index (χ1) is 11.3. The largest absolute Gasteiger partial charge is 0.382 e. The number of rotatable bonds is 7. The SMILES string of the molecule is CCOCCCNC(=O)c1nn(-c2ccccc2)c2c1CCC2. The number of ether oxygens (including phenoxy) is 1. The number of hydrogen-bond donors (Lipinski definition) is 1. The highest BCUT2D eigenvalue weighted by Crippen LogP contribution is 2.27. The molecule has 1 aliphatic carbocycles. The molecule has 1 aromatic heterocycles. The number of para-hydroxylation sites is 1. The van der Waals surface area contributed by atoms with Crippen molar-refractivity contribution in [2.45, 2.75) is 32.6 Å². The molecule has 0 fully saturated rings. The Bertz CT molecular complexity index is 664. The number of aromatic nitrogens is 2. The predicted octanol–water partition coefficient (Wildman–Crippen LogP) is 2.52. The Hall–Kier alpha value is -2.14. The first-order valence-corrected chi connectivity index (χ1v) is 8.33. The zero-order chi connectivity index (χ0) is 16.1. The van der Waals surface area contributed by atoms with Crippen molar-refractivity contribution in [2.75, 3.05) is 19.8 Å². The smallest absolute Gasteiger partial charge is 0.272 e. The van der Waals surface area contributed by atoms with E-state index in [9.17, 15) is 4.79 Å². The fourth-order valence-electron chi connectivity index (χ4n) is 3.01. The van der Waals surface area contributed by atoms with Gasteiger partial charge in [0.1, 0.15) is 0 Å². The van der Waals surface area contributed by atoms with Crippen molar-refractivity contribution in [1.82, 2.24) is 15.1 Å². The maximum atomic E-state index is 12.5. The highest BCUT2D eigenvalue weighted by atomic mass is 16.5. The van der Waals surface area contributed by atoms with Gasteiger partial charge in [-0.3, -0.25) is 4.79 Å². The quantitative estimate of drug-likeness (QED) is 0.799. The molecule has 0 bridgehead atoms. The van der Waals surface area contributed by atoms with Gasteiger partial charge in [0.15, 0.2) is 5.69 Å². The first-order valence-electron chi connectivity index (χ1n) is 8.33. The van der Waals surface area contributed by atoms with E-state index in [2.05, 4.69) is 10.4 Å². The Balaban J connectivity index is 1.74. The van der Waals surface area contributed by atoms with E-state index in [1.807, 2.05) is 41.9 Å². The van der Waals surface area contributed by atoms with E-state index in [0.29, 0.717) is 25.5 Å². The lowest BCUT2D eigenvalue weighted by Gasteiger charge is -2.05. The Kier molecular flexibility index (Phi) is 5.08. The van der Waals surface area contributed by atoms with Gasteiger partial charge in [-0.1, -0.05) is 18.2 Å². The van der Waals surface area contributed by atoms with E-state index in [1.165, 1.54) is 5.69 Å². The highest BCUT2D eigenvalue weighted by Gasteiger charge is 2.26. The van der Waals surface area contributed by atoms with Gasteiger partial charge < -0.3 is 10.1 Å². The van der Waals surface area contributed by atoms with Crippen LogP contribution in [0.2, 0.25) is 0 Å². The number of carbonyl (C=O) groups is 1. The third kappa shape index (κ3) is 3.45. The second-order valence-electron chi connectivity index (χ2n) is 5.68. The van der Waals surface area contributed by atoms with Gasteiger partial charge in [-0.2, -0.15) is 5.10 Å². The van der Waals surface area contributed by atoms with Gasteiger partial charge in [-0.15, -0.1) is 0 Å². The van der Waals surface area contributed by atoms with E-state index in [4.69, 9.17) is 4.74 Å². The maximum Gasteiger partial charge on any atom is 0.272 e. The molecule has 1 aromatic carbocycles. The number of amides is 1. The number of hydrogen-bond acceptors (Lipinski definition) is 3. The number of nitrogens with one attached hydrogen (secondary N) is 1. The molecule has 0 aliphatic heterocycles. The molecule has 0 radical (unpaired) electrons. The van der Waals surface area contributed by atoms with Crippen molar-refractivity contribution < 1.29 is 9.53 Å². The third-order valence-corrected chi connectivity index (χ3v) is 4.10. The summed E-state index contributed by atoms with van der Waals surface area (Å²) in [5, 5.41) is 7.55. The standard InChI is InChI=1S/C18H23N3O2/c1-2-23-13-7-12-19-18(22)17-15-10-6-11-16(15)21(20-17)14-8-4-3-5-9-14/h3-5,8-9H,2,6-7,10-13H2,1H3,(H,19,22). The van der Waals surface area contributed by atoms with Crippen LogP contribution in [0.25, 0.3) is 5.69 Å². The van der Waals surface area contributed by atoms with Crippen LogP contribution in [0.3, 0.4) is 0 Å². The van der Waals surface area contributed by atoms with Crippen molar-refractivity contribution in [1.29, 1.82) is 0 Å². The molecule has 1 N–H and O–H groups in total. The minimum absolute atomic E-state index is 0.0747. The van der Waals surface area contributed by atoms with E-state index < -0.39 is 0 Å². The highest BCUT2D eigenvalue weighted by molar-refractivity contribution is 5.94. The van der Waals surface area contributed by atoms with Crippen LogP contribution in [0, 0.1) is 0 Å². The fraction of sp³-hybridized carbons (Fsp3) is 0.444. The summed E-state index contributed by atoms with van der Waals surface area (Å²) in [5.41, 5.74) is 3.88. The molecule has 0 saturated carbocycles. The second-order valence-corrected chi connectivity index (χ2v) is 5.68. The molecule has 0 spiro atoms. The molecule has 1 aliphatic rings. The van der Waals surface area contributed by atoms with E-state index in [-0.39, 0.29) is 5.91 Å². The van der Waals surface area contributed by atoms with Crippen LogP contribution in [0.15, 0.2) is 30.3 Å². The monoisotopic (exact) mass is 313 g/mol. The second kappa shape index (κ2) is 7.42. The molecule has 0 unspecified atom stereocenters. The summed E-state index contributed by atoms with van der Waals surface area (Å²) in [6.07, 6.45) is 3.82. The van der Waals surface area contributed by atoms with Crippen LogP contribution in [0.1, 0.15) is 41.5 Å². The molecular weight excluding hydrogens is 290 g/mol. The summed E-state index contributed by atoms with van der Waals surface area (Å²) in [7, 11) is 0. The first kappa shape index (κ1) is 15.7. The molecule has 122 valence electrons. The summed E-state index contributed by atoms with van der Waals surface area (Å²) in [6.45, 7) is 3.97. The molecule has 2 aromatic rings. The summed E-state index contributed by atoms with van der Waals surface area (Å²) in [6, 6.07) is 10.0. The van der Waals surface area contributed by atoms with Crippen LogP contribution < -0.4 is 5.32 Å². The Morgan fingerprint density at radius 1 is 1.30 bits per heavy atom. The summed E-state index contributed by atoms with van der Waals surface area (Å²) >= 11 is 0. The van der Waals surface area contributed by atoms with Gasteiger partial charge in [0.2, 0.25) is 0 Å². The van der Waals surface area contributed by atoms with E-state index in [1.54, 1.807) is 0 Å². The minimum atomic E-state index is -0.0747. The van der Waals surface area contributed by atoms with Gasteiger partial charge in [0.05, 0.1) is 5.69 Å². The van der Waals surface area contributed by atoms with Crippen LogP contribution >= 0.6 is 0 Å². The van der Waals surface area contributed by atoms with Gasteiger partial charge in [-0.05, 0) is 44.7 Å². The Morgan fingerprint density at radius 3 is 2.91 bits per heavy atom. The average Bonchev–Trinajstić information content (AvgIpc) is 3.17. The zero-order valence-electron chi connectivity index (χ0n) is 13.5. The molecule has 1 amide bonds. The summed E-state index contributed by atoms with van der Waals surface area (Å²) < 4.78 is 7.21. The van der Waals surface area contributed by atoms with Gasteiger partial charge in [0, 0.05) is 31.0 Å². The third-order valence-electron chi connectivity index (χ3n) is 4.10. The van der Waals surface area contributed by atoms with E-state index >= 15 is 0 Å². The topological polar surface area (TPSA) is 56.1 Å². The lowest BCUT2D eigenvalue weighted by molar-refractivity contribution is 0.0938. The van der Waals surface area contributed by atoms with Crippen molar-refractivity contribution in [3.8, 4) is 5.69 Å². The van der Waals surface area contributed by atoms with E-state index in [0.717, 1.165) is 36.9 Å². The van der Waals surface area contributed by atoms with Crippen molar-refractivity contribution in [2.24, 2.45) is 0 Å². The van der Waals surface area contributed by atoms with Crippen molar-refractivity contribution in [3.63, 3.8) is 0 Å². The van der Waals surface area contributed by atoms with Gasteiger partial charge in [-0.25, -0.2) is 4.68 Å². The lowest BCUT2D eigenvalue weighted by atomic mass is 10.2. The number of nitrogens with zero attached hydrogens (tertiary/aromatic N) is 2. The minimum Gasteiger partial charge on any atom is -0.382 e. The number of fused-ring (bicyclic) bond motifs is 1. The number of benzene rings is 1. The molecule has 0 saturated heterocycles. The molecule has 5 heteroatoms. The molecule has 0 atom stereocenters. The molecule has 5 nitrogen and oxygen atoms in total. The Morgan fingerprint density at radius 2 is 2.13 bits per heavy atom. The van der Waals surface area contributed by atoms with Crippen LogP contribution in [-0.2, 0) is 17.6 Å². The normalized spacial score (nSPS) is 13.1. The van der Waals surface area contributed by atoms with Crippen LogP contribution in [0.4, 0.5) is 0 Å². The zero-order valence-corrected chi connectivity index (χ0v) is 13.5. The maximum absolute atomic E-state index is 12.5. The van der Waals surface area contributed by atoms with Crippen molar-refractivity contribution >= 4 is 5.91 Å². The average molecular weight is 313 g/mol. The Labute approximate surface area is 136 Å². The molecule has 1 heterocycles. The summed E-state index contributed by atoms with van der Waals surface area (Å²) in [5.74, 6) is -0.0747. The van der Waals surface area contributed by atoms with Gasteiger partial charge in [0.25, 0.3) is 5.91 Å².